The Morgan fingerprint density at radius 3 is 2.68 bits per heavy atom. The lowest BCUT2D eigenvalue weighted by molar-refractivity contribution is 0.0950. The number of amides is 1. The van der Waals surface area contributed by atoms with E-state index < -0.39 is 0 Å². The molecule has 3 rings (SSSR count). The first kappa shape index (κ1) is 19.2. The molecule has 144 valence electrons. The quantitative estimate of drug-likeness (QED) is 0.489. The SMILES string of the molecule is CCOc1ccccc1-c1cc(C(=O)N/N=C\c2ccc(N(C)C)cc2)[nH]n1. The Kier molecular flexibility index (Phi) is 6.06. The largest absolute Gasteiger partial charge is 0.493 e. The minimum atomic E-state index is -0.367. The van der Waals surface area contributed by atoms with Gasteiger partial charge in [0.15, 0.2) is 0 Å². The van der Waals surface area contributed by atoms with Crippen LogP contribution in [0.5, 0.6) is 5.75 Å². The van der Waals surface area contributed by atoms with Crippen LogP contribution in [-0.4, -0.2) is 43.0 Å². The smallest absolute Gasteiger partial charge is 0.289 e. The van der Waals surface area contributed by atoms with Crippen LogP contribution in [0.4, 0.5) is 5.69 Å². The summed E-state index contributed by atoms with van der Waals surface area (Å²) < 4.78 is 5.62. The van der Waals surface area contributed by atoms with Crippen LogP contribution in [0.25, 0.3) is 11.3 Å². The van der Waals surface area contributed by atoms with Crippen molar-refractivity contribution in [2.24, 2.45) is 5.10 Å². The Hall–Kier alpha value is -3.61. The van der Waals surface area contributed by atoms with Gasteiger partial charge in [0.25, 0.3) is 5.91 Å². The standard InChI is InChI=1S/C21H23N5O2/c1-4-28-20-8-6-5-7-17(20)18-13-19(24-23-18)21(27)25-22-14-15-9-11-16(12-10-15)26(2)3/h5-14H,4H2,1-3H3,(H,23,24)(H,25,27)/b22-14-. The fourth-order valence-corrected chi connectivity index (χ4v) is 2.62. The molecule has 0 spiro atoms. The van der Waals surface area contributed by atoms with Gasteiger partial charge >= 0.3 is 0 Å². The molecule has 0 bridgehead atoms. The number of nitrogens with zero attached hydrogens (tertiary/aromatic N) is 3. The Labute approximate surface area is 164 Å². The van der Waals surface area contributed by atoms with Crippen molar-refractivity contribution in [3.05, 3.63) is 65.9 Å². The van der Waals surface area contributed by atoms with Crippen LogP contribution in [0.1, 0.15) is 23.0 Å². The van der Waals surface area contributed by atoms with Gasteiger partial charge in [-0.3, -0.25) is 9.89 Å². The molecule has 3 aromatic rings. The second-order valence-corrected chi connectivity index (χ2v) is 6.28. The highest BCUT2D eigenvalue weighted by molar-refractivity contribution is 5.94. The maximum atomic E-state index is 12.3. The number of ether oxygens (including phenoxy) is 1. The van der Waals surface area contributed by atoms with Gasteiger partial charge in [0, 0.05) is 25.3 Å². The number of aromatic amines is 1. The van der Waals surface area contributed by atoms with E-state index in [0.717, 1.165) is 22.6 Å². The normalized spacial score (nSPS) is 10.8. The molecule has 0 saturated heterocycles. The molecule has 7 nitrogen and oxygen atoms in total. The van der Waals surface area contributed by atoms with E-state index >= 15 is 0 Å². The first-order valence-electron chi connectivity index (χ1n) is 8.97. The zero-order valence-electron chi connectivity index (χ0n) is 16.1. The molecule has 0 atom stereocenters. The highest BCUT2D eigenvalue weighted by Crippen LogP contribution is 2.28. The van der Waals surface area contributed by atoms with E-state index in [1.807, 2.05) is 74.4 Å². The number of H-pyrrole nitrogens is 1. The van der Waals surface area contributed by atoms with Gasteiger partial charge in [-0.2, -0.15) is 10.2 Å². The third kappa shape index (κ3) is 4.56. The van der Waals surface area contributed by atoms with Crippen molar-refractivity contribution in [1.29, 1.82) is 0 Å². The van der Waals surface area contributed by atoms with Crippen molar-refractivity contribution in [1.82, 2.24) is 15.6 Å². The monoisotopic (exact) mass is 377 g/mol. The molecule has 0 aliphatic rings. The Morgan fingerprint density at radius 2 is 1.96 bits per heavy atom. The van der Waals surface area contributed by atoms with E-state index in [-0.39, 0.29) is 5.91 Å². The molecule has 0 saturated carbocycles. The molecule has 0 aliphatic heterocycles. The second kappa shape index (κ2) is 8.85. The van der Waals surface area contributed by atoms with E-state index in [1.54, 1.807) is 12.3 Å². The molecular formula is C21H23N5O2. The number of carbonyl (C=O) groups is 1. The van der Waals surface area contributed by atoms with Gasteiger partial charge in [-0.05, 0) is 42.8 Å². The van der Waals surface area contributed by atoms with E-state index in [2.05, 4.69) is 20.7 Å². The predicted molar refractivity (Wildman–Crippen MR) is 111 cm³/mol. The lowest BCUT2D eigenvalue weighted by Gasteiger charge is -2.11. The van der Waals surface area contributed by atoms with Crippen molar-refractivity contribution in [3.8, 4) is 17.0 Å². The summed E-state index contributed by atoms with van der Waals surface area (Å²) in [4.78, 5) is 14.3. The Balaban J connectivity index is 1.66. The number of aromatic nitrogens is 2. The molecule has 1 amide bonds. The van der Waals surface area contributed by atoms with E-state index in [1.165, 1.54) is 0 Å². The predicted octanol–water partition coefficient (Wildman–Crippen LogP) is 3.31. The topological polar surface area (TPSA) is 82.6 Å². The summed E-state index contributed by atoms with van der Waals surface area (Å²) in [5, 5.41) is 11.0. The van der Waals surface area contributed by atoms with Crippen molar-refractivity contribution < 1.29 is 9.53 Å². The van der Waals surface area contributed by atoms with Crippen LogP contribution in [0, 0.1) is 0 Å². The van der Waals surface area contributed by atoms with Crippen molar-refractivity contribution in [2.45, 2.75) is 6.92 Å². The van der Waals surface area contributed by atoms with Gasteiger partial charge in [0.1, 0.15) is 11.4 Å². The summed E-state index contributed by atoms with van der Waals surface area (Å²) in [6, 6.07) is 17.1. The fraction of sp³-hybridized carbons (Fsp3) is 0.190. The van der Waals surface area contributed by atoms with Gasteiger partial charge in [0.2, 0.25) is 0 Å². The number of rotatable bonds is 7. The van der Waals surface area contributed by atoms with Crippen molar-refractivity contribution >= 4 is 17.8 Å². The summed E-state index contributed by atoms with van der Waals surface area (Å²) in [5.41, 5.74) is 6.27. The third-order valence-electron chi connectivity index (χ3n) is 4.07. The molecule has 0 radical (unpaired) electrons. The highest BCUT2D eigenvalue weighted by Gasteiger charge is 2.13. The van der Waals surface area contributed by atoms with Crippen molar-refractivity contribution in [3.63, 3.8) is 0 Å². The zero-order valence-corrected chi connectivity index (χ0v) is 16.1. The van der Waals surface area contributed by atoms with E-state index in [4.69, 9.17) is 4.74 Å². The number of nitrogens with one attached hydrogen (secondary N) is 2. The minimum absolute atomic E-state index is 0.321. The molecule has 7 heteroatoms. The van der Waals surface area contributed by atoms with E-state index in [0.29, 0.717) is 18.0 Å². The summed E-state index contributed by atoms with van der Waals surface area (Å²) in [6.45, 7) is 2.48. The number of carbonyl (C=O) groups excluding carboxylic acids is 1. The maximum absolute atomic E-state index is 12.3. The zero-order chi connectivity index (χ0) is 19.9. The molecule has 2 N–H and O–H groups in total. The third-order valence-corrected chi connectivity index (χ3v) is 4.07. The fourth-order valence-electron chi connectivity index (χ4n) is 2.62. The van der Waals surface area contributed by atoms with Gasteiger partial charge in [-0.15, -0.1) is 0 Å². The first-order valence-corrected chi connectivity index (χ1v) is 8.97. The number of anilines is 1. The Morgan fingerprint density at radius 1 is 1.21 bits per heavy atom. The summed E-state index contributed by atoms with van der Waals surface area (Å²) >= 11 is 0. The second-order valence-electron chi connectivity index (χ2n) is 6.28. The molecule has 0 fully saturated rings. The molecule has 1 aromatic heterocycles. The van der Waals surface area contributed by atoms with Gasteiger partial charge < -0.3 is 9.64 Å². The average Bonchev–Trinajstić information content (AvgIpc) is 3.19. The number of hydrazone groups is 1. The lowest BCUT2D eigenvalue weighted by Crippen LogP contribution is -2.18. The van der Waals surface area contributed by atoms with Crippen LogP contribution in [-0.2, 0) is 0 Å². The summed E-state index contributed by atoms with van der Waals surface area (Å²) in [5.74, 6) is 0.358. The molecular weight excluding hydrogens is 354 g/mol. The maximum Gasteiger partial charge on any atom is 0.289 e. The van der Waals surface area contributed by atoms with Crippen LogP contribution >= 0.6 is 0 Å². The van der Waals surface area contributed by atoms with Crippen LogP contribution in [0.15, 0.2) is 59.7 Å². The molecule has 1 heterocycles. The summed E-state index contributed by atoms with van der Waals surface area (Å²) in [7, 11) is 3.96. The lowest BCUT2D eigenvalue weighted by atomic mass is 10.1. The number of hydrogen-bond donors (Lipinski definition) is 2. The molecule has 0 unspecified atom stereocenters. The number of para-hydroxylation sites is 1. The number of benzene rings is 2. The van der Waals surface area contributed by atoms with Gasteiger partial charge in [0.05, 0.1) is 18.5 Å². The van der Waals surface area contributed by atoms with Gasteiger partial charge in [-0.1, -0.05) is 24.3 Å². The van der Waals surface area contributed by atoms with Crippen LogP contribution in [0.3, 0.4) is 0 Å². The Bertz CT molecular complexity index is 961. The first-order chi connectivity index (χ1) is 13.6. The van der Waals surface area contributed by atoms with E-state index in [9.17, 15) is 4.79 Å². The van der Waals surface area contributed by atoms with Crippen LogP contribution < -0.4 is 15.1 Å². The highest BCUT2D eigenvalue weighted by atomic mass is 16.5. The molecule has 28 heavy (non-hydrogen) atoms. The number of hydrogen-bond acceptors (Lipinski definition) is 5. The average molecular weight is 377 g/mol. The summed E-state index contributed by atoms with van der Waals surface area (Å²) in [6.07, 6.45) is 1.60. The van der Waals surface area contributed by atoms with Gasteiger partial charge in [-0.25, -0.2) is 5.43 Å². The van der Waals surface area contributed by atoms with Crippen LogP contribution in [0.2, 0.25) is 0 Å². The molecule has 0 aliphatic carbocycles. The minimum Gasteiger partial charge on any atom is -0.493 e. The van der Waals surface area contributed by atoms with Crippen molar-refractivity contribution in [2.75, 3.05) is 25.6 Å². The molecule has 2 aromatic carbocycles.